The molecule has 0 aliphatic carbocycles. The Hall–Kier alpha value is -2.08. The van der Waals surface area contributed by atoms with Crippen molar-refractivity contribution in [3.63, 3.8) is 0 Å². The summed E-state index contributed by atoms with van der Waals surface area (Å²) >= 11 is 0. The van der Waals surface area contributed by atoms with Crippen molar-refractivity contribution >= 4 is 12.1 Å². The van der Waals surface area contributed by atoms with Gasteiger partial charge in [-0.15, -0.1) is 0 Å². The van der Waals surface area contributed by atoms with E-state index in [0.29, 0.717) is 19.6 Å². The number of piperazine rings is 1. The van der Waals surface area contributed by atoms with Crippen LogP contribution in [0.25, 0.3) is 0 Å². The Morgan fingerprint density at radius 3 is 2.80 bits per heavy atom. The lowest BCUT2D eigenvalue weighted by Crippen LogP contribution is -2.57. The first-order chi connectivity index (χ1) is 9.72. The quantitative estimate of drug-likeness (QED) is 0.827. The van der Waals surface area contributed by atoms with Crippen LogP contribution in [0.15, 0.2) is 30.3 Å². The van der Waals surface area contributed by atoms with E-state index in [9.17, 15) is 9.59 Å². The first-order valence-corrected chi connectivity index (χ1v) is 6.48. The van der Waals surface area contributed by atoms with Gasteiger partial charge in [-0.3, -0.25) is 4.90 Å². The van der Waals surface area contributed by atoms with Gasteiger partial charge in [-0.2, -0.15) is 0 Å². The summed E-state index contributed by atoms with van der Waals surface area (Å²) in [4.78, 5) is 25.1. The molecule has 1 atom stereocenters. The molecule has 1 aromatic carbocycles. The molecule has 1 saturated heterocycles. The molecule has 6 heteroatoms. The van der Waals surface area contributed by atoms with Crippen LogP contribution in [-0.4, -0.2) is 49.7 Å². The van der Waals surface area contributed by atoms with Crippen LogP contribution in [0.4, 0.5) is 4.79 Å². The fourth-order valence-electron chi connectivity index (χ4n) is 2.07. The molecular weight excluding hydrogens is 260 g/mol. The van der Waals surface area contributed by atoms with Crippen LogP contribution in [0.2, 0.25) is 0 Å². The molecule has 1 N–H and O–H groups in total. The van der Waals surface area contributed by atoms with Crippen molar-refractivity contribution in [1.29, 1.82) is 0 Å². The minimum Gasteiger partial charge on any atom is -0.467 e. The zero-order chi connectivity index (χ0) is 14.4. The molecule has 108 valence electrons. The van der Waals surface area contributed by atoms with Gasteiger partial charge in [-0.25, -0.2) is 9.59 Å². The van der Waals surface area contributed by atoms with E-state index in [1.165, 1.54) is 12.0 Å². The highest BCUT2D eigenvalue weighted by Gasteiger charge is 2.33. The lowest BCUT2D eigenvalue weighted by molar-refractivity contribution is -0.147. The van der Waals surface area contributed by atoms with Gasteiger partial charge < -0.3 is 14.8 Å². The number of hydrogen-bond acceptors (Lipinski definition) is 5. The van der Waals surface area contributed by atoms with Gasteiger partial charge in [0, 0.05) is 19.6 Å². The summed E-state index contributed by atoms with van der Waals surface area (Å²) in [5.41, 5.74) is 0.908. The molecule has 1 aliphatic heterocycles. The van der Waals surface area contributed by atoms with Gasteiger partial charge in [0.25, 0.3) is 0 Å². The summed E-state index contributed by atoms with van der Waals surface area (Å²) in [5.74, 6) is -0.436. The normalized spacial score (nSPS) is 18.4. The third kappa shape index (κ3) is 3.48. The number of amides is 1. The molecular formula is C14H18N2O4. The third-order valence-electron chi connectivity index (χ3n) is 3.16. The number of ether oxygens (including phenoxy) is 2. The smallest absolute Gasteiger partial charge is 0.410 e. The molecule has 0 unspecified atom stereocenters. The van der Waals surface area contributed by atoms with Crippen molar-refractivity contribution in [3.8, 4) is 0 Å². The van der Waals surface area contributed by atoms with Crippen LogP contribution in [0, 0.1) is 0 Å². The van der Waals surface area contributed by atoms with Crippen LogP contribution < -0.4 is 5.32 Å². The number of hydrogen-bond donors (Lipinski definition) is 1. The highest BCUT2D eigenvalue weighted by atomic mass is 16.6. The van der Waals surface area contributed by atoms with E-state index in [2.05, 4.69) is 5.32 Å². The van der Waals surface area contributed by atoms with Gasteiger partial charge in [0.05, 0.1) is 7.11 Å². The number of carbonyl (C=O) groups is 2. The fraction of sp³-hybridized carbons (Fsp3) is 0.429. The summed E-state index contributed by atoms with van der Waals surface area (Å²) in [6.07, 6.45) is -0.495. The minimum atomic E-state index is -0.628. The lowest BCUT2D eigenvalue weighted by atomic mass is 10.2. The molecule has 6 nitrogen and oxygen atoms in total. The largest absolute Gasteiger partial charge is 0.467 e. The van der Waals surface area contributed by atoms with Crippen LogP contribution in [0.3, 0.4) is 0 Å². The van der Waals surface area contributed by atoms with Crippen molar-refractivity contribution in [3.05, 3.63) is 35.9 Å². The second-order valence-electron chi connectivity index (χ2n) is 4.48. The van der Waals surface area contributed by atoms with E-state index in [1.54, 1.807) is 0 Å². The zero-order valence-corrected chi connectivity index (χ0v) is 11.4. The van der Waals surface area contributed by atoms with Gasteiger partial charge in [-0.1, -0.05) is 30.3 Å². The SMILES string of the molecule is COC(=O)[C@H]1CNCCN1C(=O)OCc1ccccc1. The second kappa shape index (κ2) is 6.91. The van der Waals surface area contributed by atoms with Crippen LogP contribution in [-0.2, 0) is 20.9 Å². The first-order valence-electron chi connectivity index (χ1n) is 6.48. The van der Waals surface area contributed by atoms with Crippen molar-refractivity contribution in [2.75, 3.05) is 26.7 Å². The predicted octanol–water partition coefficient (Wildman–Crippen LogP) is 0.770. The summed E-state index contributed by atoms with van der Waals surface area (Å²) in [5, 5.41) is 3.06. The highest BCUT2D eigenvalue weighted by Crippen LogP contribution is 2.09. The Bertz CT molecular complexity index is 464. The molecule has 0 spiro atoms. The molecule has 1 heterocycles. The highest BCUT2D eigenvalue weighted by molar-refractivity contribution is 5.81. The van der Waals surface area contributed by atoms with E-state index in [-0.39, 0.29) is 6.61 Å². The molecule has 0 radical (unpaired) electrons. The molecule has 1 fully saturated rings. The Morgan fingerprint density at radius 2 is 2.10 bits per heavy atom. The van der Waals surface area contributed by atoms with Gasteiger partial charge in [0.15, 0.2) is 0 Å². The monoisotopic (exact) mass is 278 g/mol. The second-order valence-corrected chi connectivity index (χ2v) is 4.48. The van der Waals surface area contributed by atoms with E-state index in [4.69, 9.17) is 9.47 Å². The number of nitrogens with zero attached hydrogens (tertiary/aromatic N) is 1. The molecule has 20 heavy (non-hydrogen) atoms. The van der Waals surface area contributed by atoms with Crippen molar-refractivity contribution < 1.29 is 19.1 Å². The van der Waals surface area contributed by atoms with Crippen LogP contribution in [0.1, 0.15) is 5.56 Å². The Balaban J connectivity index is 1.94. The number of carbonyl (C=O) groups excluding carboxylic acids is 2. The van der Waals surface area contributed by atoms with E-state index >= 15 is 0 Å². The number of nitrogens with one attached hydrogen (secondary N) is 1. The number of methoxy groups -OCH3 is 1. The number of esters is 1. The maximum Gasteiger partial charge on any atom is 0.410 e. The molecule has 0 aromatic heterocycles. The predicted molar refractivity (Wildman–Crippen MR) is 72.0 cm³/mol. The summed E-state index contributed by atoms with van der Waals surface area (Å²) in [7, 11) is 1.31. The molecule has 1 aliphatic rings. The molecule has 0 saturated carbocycles. The maximum atomic E-state index is 12.1. The lowest BCUT2D eigenvalue weighted by Gasteiger charge is -2.33. The topological polar surface area (TPSA) is 67.9 Å². The van der Waals surface area contributed by atoms with Crippen molar-refractivity contribution in [2.45, 2.75) is 12.6 Å². The standard InChI is InChI=1S/C14H18N2O4/c1-19-13(17)12-9-15-7-8-16(12)14(18)20-10-11-5-3-2-4-6-11/h2-6,12,15H,7-10H2,1H3/t12-/m1/s1. The average molecular weight is 278 g/mol. The number of benzene rings is 1. The Labute approximate surface area is 117 Å². The van der Waals surface area contributed by atoms with Crippen molar-refractivity contribution in [2.24, 2.45) is 0 Å². The Kier molecular flexibility index (Phi) is 4.95. The first kappa shape index (κ1) is 14.3. The summed E-state index contributed by atoms with van der Waals surface area (Å²) in [6.45, 7) is 1.63. The maximum absolute atomic E-state index is 12.1. The molecule has 2 rings (SSSR count). The fourth-order valence-corrected chi connectivity index (χ4v) is 2.07. The average Bonchev–Trinajstić information content (AvgIpc) is 2.52. The minimum absolute atomic E-state index is 0.192. The van der Waals surface area contributed by atoms with E-state index < -0.39 is 18.1 Å². The van der Waals surface area contributed by atoms with Gasteiger partial charge >= 0.3 is 12.1 Å². The van der Waals surface area contributed by atoms with Crippen LogP contribution in [0.5, 0.6) is 0 Å². The third-order valence-corrected chi connectivity index (χ3v) is 3.16. The molecule has 1 aromatic rings. The van der Waals surface area contributed by atoms with Gasteiger partial charge in [0.2, 0.25) is 0 Å². The zero-order valence-electron chi connectivity index (χ0n) is 11.4. The van der Waals surface area contributed by atoms with Gasteiger partial charge in [-0.05, 0) is 5.56 Å². The molecule has 1 amide bonds. The molecule has 0 bridgehead atoms. The summed E-state index contributed by atoms with van der Waals surface area (Å²) < 4.78 is 9.95. The summed E-state index contributed by atoms with van der Waals surface area (Å²) in [6, 6.07) is 8.79. The van der Waals surface area contributed by atoms with E-state index in [0.717, 1.165) is 5.56 Å². The van der Waals surface area contributed by atoms with E-state index in [1.807, 2.05) is 30.3 Å². The van der Waals surface area contributed by atoms with Gasteiger partial charge in [0.1, 0.15) is 12.6 Å². The van der Waals surface area contributed by atoms with Crippen LogP contribution >= 0.6 is 0 Å². The van der Waals surface area contributed by atoms with Crippen molar-refractivity contribution in [1.82, 2.24) is 10.2 Å². The Morgan fingerprint density at radius 1 is 1.35 bits per heavy atom. The number of rotatable bonds is 3.